The highest BCUT2D eigenvalue weighted by Crippen LogP contribution is 2.16. The van der Waals surface area contributed by atoms with E-state index < -0.39 is 11.6 Å². The smallest absolute Gasteiger partial charge is 0.229 e. The molecule has 0 atom stereocenters. The van der Waals surface area contributed by atoms with Crippen LogP contribution in [0.15, 0.2) is 24.3 Å². The second kappa shape index (κ2) is 4.96. The number of hydrogen-bond donors (Lipinski definition) is 0. The van der Waals surface area contributed by atoms with Crippen molar-refractivity contribution in [3.05, 3.63) is 34.9 Å². The lowest BCUT2D eigenvalue weighted by Gasteiger charge is -2.00. The monoisotopic (exact) mass is 207 g/mol. The summed E-state index contributed by atoms with van der Waals surface area (Å²) in [5, 5.41) is 0.321. The molecule has 1 aromatic carbocycles. The minimum atomic E-state index is -0.520. The van der Waals surface area contributed by atoms with Crippen molar-refractivity contribution in [2.45, 2.75) is 13.1 Å². The molecule has 0 heterocycles. The van der Waals surface area contributed by atoms with Gasteiger partial charge in [0.1, 0.15) is 7.28 Å². The van der Waals surface area contributed by atoms with Crippen molar-refractivity contribution in [1.82, 2.24) is 0 Å². The quantitative estimate of drug-likeness (QED) is 0.431. The summed E-state index contributed by atoms with van der Waals surface area (Å²) >= 11 is 5.78. The average molecular weight is 207 g/mol. The summed E-state index contributed by atoms with van der Waals surface area (Å²) in [6.45, 7) is 1.73. The molecule has 0 aliphatic carbocycles. The third kappa shape index (κ3) is 2.45. The summed E-state index contributed by atoms with van der Waals surface area (Å²) < 4.78 is 0. The molecular weight excluding hydrogens is 198 g/mol. The Morgan fingerprint density at radius 1 is 1.36 bits per heavy atom. The first kappa shape index (κ1) is 11.0. The van der Waals surface area contributed by atoms with Crippen LogP contribution in [0.4, 0.5) is 0 Å². The van der Waals surface area contributed by atoms with E-state index in [4.69, 9.17) is 11.6 Å². The van der Waals surface area contributed by atoms with Crippen LogP contribution in [0.3, 0.4) is 0 Å². The topological polar surface area (TPSA) is 34.1 Å². The fourth-order valence-corrected chi connectivity index (χ4v) is 1.30. The fourth-order valence-electron chi connectivity index (χ4n) is 1.07. The van der Waals surface area contributed by atoms with Crippen molar-refractivity contribution < 1.29 is 9.59 Å². The maximum Gasteiger partial charge on any atom is 0.229 e. The predicted molar refractivity (Wildman–Crippen MR) is 57.2 cm³/mol. The summed E-state index contributed by atoms with van der Waals surface area (Å²) in [6.07, 6.45) is 0.157. The molecule has 0 saturated carbocycles. The van der Waals surface area contributed by atoms with Crippen LogP contribution in [0, 0.1) is 0 Å². The van der Waals surface area contributed by atoms with Gasteiger partial charge < -0.3 is 0 Å². The Hall–Kier alpha value is -1.09. The lowest BCUT2D eigenvalue weighted by molar-refractivity contribution is -0.113. The number of hydrogen-bond acceptors (Lipinski definition) is 2. The molecule has 0 unspecified atom stereocenters. The summed E-state index contributed by atoms with van der Waals surface area (Å²) in [4.78, 5) is 22.8. The molecule has 2 nitrogen and oxygen atoms in total. The van der Waals surface area contributed by atoms with E-state index in [1.54, 1.807) is 38.4 Å². The van der Waals surface area contributed by atoms with Gasteiger partial charge in [-0.3, -0.25) is 9.59 Å². The SMILES string of the molecule is C[B]CC(=O)C(=O)c1ccccc1Cl. The number of halogens is 1. The highest BCUT2D eigenvalue weighted by molar-refractivity contribution is 6.56. The predicted octanol–water partition coefficient (Wildman–Crippen LogP) is 2.26. The van der Waals surface area contributed by atoms with Gasteiger partial charge in [0.25, 0.3) is 0 Å². The maximum atomic E-state index is 11.5. The molecule has 0 aliphatic heterocycles. The van der Waals surface area contributed by atoms with Crippen molar-refractivity contribution in [2.75, 3.05) is 0 Å². The zero-order valence-electron chi connectivity index (χ0n) is 7.79. The van der Waals surface area contributed by atoms with Crippen LogP contribution < -0.4 is 0 Å². The number of Topliss-reactive ketones (excluding diaryl/α,β-unsaturated/α-hetero) is 2. The van der Waals surface area contributed by atoms with E-state index in [0.29, 0.717) is 5.02 Å². The van der Waals surface area contributed by atoms with E-state index in [9.17, 15) is 9.59 Å². The Kier molecular flexibility index (Phi) is 3.90. The van der Waals surface area contributed by atoms with Crippen molar-refractivity contribution in [3.8, 4) is 0 Å². The molecule has 0 aromatic heterocycles. The first-order valence-electron chi connectivity index (χ1n) is 4.26. The van der Waals surface area contributed by atoms with Crippen LogP contribution >= 0.6 is 11.6 Å². The number of carbonyl (C=O) groups excluding carboxylic acids is 2. The Morgan fingerprint density at radius 2 is 2.00 bits per heavy atom. The molecule has 71 valence electrons. The molecule has 1 rings (SSSR count). The average Bonchev–Trinajstić information content (AvgIpc) is 2.18. The van der Waals surface area contributed by atoms with Crippen LogP contribution in [0.1, 0.15) is 10.4 Å². The molecule has 0 amide bonds. The summed E-state index contributed by atoms with van der Waals surface area (Å²) in [7, 11) is 1.65. The Morgan fingerprint density at radius 3 is 2.57 bits per heavy atom. The minimum absolute atomic E-state index is 0.157. The van der Waals surface area contributed by atoms with E-state index in [0.717, 1.165) is 0 Å². The highest BCUT2D eigenvalue weighted by atomic mass is 35.5. The molecule has 1 aromatic rings. The molecule has 0 bridgehead atoms. The number of rotatable bonds is 4. The molecule has 0 saturated heterocycles. The molecule has 0 fully saturated rings. The molecule has 0 spiro atoms. The van der Waals surface area contributed by atoms with E-state index in [1.807, 2.05) is 0 Å². The molecule has 0 N–H and O–H groups in total. The number of ketones is 2. The first-order valence-corrected chi connectivity index (χ1v) is 4.64. The summed E-state index contributed by atoms with van der Waals surface area (Å²) in [5.41, 5.74) is 0.279. The minimum Gasteiger partial charge on any atom is -0.291 e. The van der Waals surface area contributed by atoms with Gasteiger partial charge in [-0.15, -0.1) is 0 Å². The van der Waals surface area contributed by atoms with Crippen molar-refractivity contribution in [3.63, 3.8) is 0 Å². The molecule has 1 radical (unpaired) electrons. The van der Waals surface area contributed by atoms with Gasteiger partial charge in [-0.2, -0.15) is 0 Å². The van der Waals surface area contributed by atoms with Gasteiger partial charge in [-0.1, -0.05) is 30.6 Å². The van der Waals surface area contributed by atoms with Crippen molar-refractivity contribution in [1.29, 1.82) is 0 Å². The number of carbonyl (C=O) groups is 2. The third-order valence-corrected chi connectivity index (χ3v) is 2.09. The first-order chi connectivity index (χ1) is 6.66. The van der Waals surface area contributed by atoms with Gasteiger partial charge in [0.05, 0.1) is 5.02 Å². The molecular formula is C10H9BClO2. The lowest BCUT2D eigenvalue weighted by atomic mass is 9.75. The van der Waals surface area contributed by atoms with Crippen LogP contribution in [-0.4, -0.2) is 18.8 Å². The van der Waals surface area contributed by atoms with Gasteiger partial charge in [0.15, 0.2) is 5.78 Å². The Labute approximate surface area is 88.5 Å². The van der Waals surface area contributed by atoms with E-state index in [1.165, 1.54) is 0 Å². The second-order valence-corrected chi connectivity index (χ2v) is 3.25. The van der Waals surface area contributed by atoms with Gasteiger partial charge in [-0.05, 0) is 18.5 Å². The number of benzene rings is 1. The largest absolute Gasteiger partial charge is 0.291 e. The van der Waals surface area contributed by atoms with Crippen molar-refractivity contribution in [2.24, 2.45) is 0 Å². The molecule has 0 aliphatic rings. The Balaban J connectivity index is 2.90. The fraction of sp³-hybridized carbons (Fsp3) is 0.200. The highest BCUT2D eigenvalue weighted by Gasteiger charge is 2.17. The molecule has 14 heavy (non-hydrogen) atoms. The maximum absolute atomic E-state index is 11.5. The van der Waals surface area contributed by atoms with E-state index in [-0.39, 0.29) is 11.9 Å². The standard InChI is InChI=1S/C10H9BClO2/c1-11-6-9(13)10(14)7-4-2-3-5-8(7)12/h2-5H,6H2,1H3. The summed E-state index contributed by atoms with van der Waals surface area (Å²) in [6, 6.07) is 6.55. The summed E-state index contributed by atoms with van der Waals surface area (Å²) in [5.74, 6) is -0.950. The van der Waals surface area contributed by atoms with Crippen LogP contribution in [0.5, 0.6) is 0 Å². The third-order valence-electron chi connectivity index (χ3n) is 1.76. The normalized spacial score (nSPS) is 9.57. The van der Waals surface area contributed by atoms with Crippen LogP contribution in [0.25, 0.3) is 0 Å². The van der Waals surface area contributed by atoms with Crippen LogP contribution in [0.2, 0.25) is 18.2 Å². The zero-order valence-corrected chi connectivity index (χ0v) is 8.54. The van der Waals surface area contributed by atoms with Crippen LogP contribution in [-0.2, 0) is 4.79 Å². The second-order valence-electron chi connectivity index (χ2n) is 2.84. The lowest BCUT2D eigenvalue weighted by Crippen LogP contribution is -2.15. The van der Waals surface area contributed by atoms with Gasteiger partial charge >= 0.3 is 0 Å². The zero-order chi connectivity index (χ0) is 10.6. The van der Waals surface area contributed by atoms with Crippen molar-refractivity contribution >= 4 is 30.4 Å². The Bertz CT molecular complexity index is 363. The van der Waals surface area contributed by atoms with Gasteiger partial charge in [0, 0.05) is 5.56 Å². The van der Waals surface area contributed by atoms with E-state index >= 15 is 0 Å². The van der Waals surface area contributed by atoms with Gasteiger partial charge in [-0.25, -0.2) is 0 Å². The molecule has 4 heteroatoms. The van der Waals surface area contributed by atoms with E-state index in [2.05, 4.69) is 0 Å². The van der Waals surface area contributed by atoms with Gasteiger partial charge in [0.2, 0.25) is 5.78 Å².